The Balaban J connectivity index is 3.20. The van der Waals surface area contributed by atoms with E-state index < -0.39 is 29.9 Å². The molecule has 0 aliphatic rings. The predicted molar refractivity (Wildman–Crippen MR) is 63.5 cm³/mol. The SMILES string of the molecule is O=[N+]([O-])c1ccc(Cl)cc1N(CCO)CC(F)(F)F. The largest absolute Gasteiger partial charge is 0.405 e. The van der Waals surface area contributed by atoms with Crippen LogP contribution in [0.2, 0.25) is 5.02 Å². The van der Waals surface area contributed by atoms with Crippen molar-refractivity contribution in [2.45, 2.75) is 6.18 Å². The van der Waals surface area contributed by atoms with Crippen molar-refractivity contribution >= 4 is 23.0 Å². The van der Waals surface area contributed by atoms with Gasteiger partial charge in [-0.05, 0) is 12.1 Å². The van der Waals surface area contributed by atoms with Gasteiger partial charge in [0.1, 0.15) is 12.2 Å². The summed E-state index contributed by atoms with van der Waals surface area (Å²) in [4.78, 5) is 10.7. The van der Waals surface area contributed by atoms with Crippen LogP contribution in [0.25, 0.3) is 0 Å². The number of nitro groups is 1. The summed E-state index contributed by atoms with van der Waals surface area (Å²) in [5.74, 6) is 0. The molecule has 0 heterocycles. The fraction of sp³-hybridized carbons (Fsp3) is 0.400. The van der Waals surface area contributed by atoms with Gasteiger partial charge in [-0.3, -0.25) is 10.1 Å². The molecule has 0 amide bonds. The van der Waals surface area contributed by atoms with E-state index in [0.29, 0.717) is 4.90 Å². The van der Waals surface area contributed by atoms with Gasteiger partial charge in [-0.1, -0.05) is 11.6 Å². The van der Waals surface area contributed by atoms with E-state index in [4.69, 9.17) is 16.7 Å². The topological polar surface area (TPSA) is 66.6 Å². The van der Waals surface area contributed by atoms with E-state index in [0.717, 1.165) is 12.1 Å². The number of nitro benzene ring substituents is 1. The molecule has 0 saturated carbocycles. The van der Waals surface area contributed by atoms with Crippen molar-refractivity contribution in [2.75, 3.05) is 24.6 Å². The summed E-state index contributed by atoms with van der Waals surface area (Å²) in [6.45, 7) is -2.37. The lowest BCUT2D eigenvalue weighted by atomic mass is 10.2. The third-order valence-electron chi connectivity index (χ3n) is 2.21. The summed E-state index contributed by atoms with van der Waals surface area (Å²) in [6, 6.07) is 3.31. The monoisotopic (exact) mass is 298 g/mol. The fourth-order valence-corrected chi connectivity index (χ4v) is 1.69. The minimum absolute atomic E-state index is 0.0747. The number of alkyl halides is 3. The molecule has 0 aromatic heterocycles. The van der Waals surface area contributed by atoms with Crippen molar-refractivity contribution in [1.82, 2.24) is 0 Å². The number of nitrogens with zero attached hydrogens (tertiary/aromatic N) is 2. The first-order valence-electron chi connectivity index (χ1n) is 5.11. The van der Waals surface area contributed by atoms with Gasteiger partial charge < -0.3 is 10.0 Å². The number of aliphatic hydroxyl groups is 1. The summed E-state index contributed by atoms with van der Waals surface area (Å²) in [7, 11) is 0. The number of hydrogen-bond donors (Lipinski definition) is 1. The highest BCUT2D eigenvalue weighted by Crippen LogP contribution is 2.32. The molecule has 0 spiro atoms. The Kier molecular flexibility index (Phi) is 4.96. The van der Waals surface area contributed by atoms with E-state index in [2.05, 4.69) is 0 Å². The maximum absolute atomic E-state index is 12.4. The van der Waals surface area contributed by atoms with E-state index in [1.807, 2.05) is 0 Å². The van der Waals surface area contributed by atoms with Crippen molar-refractivity contribution in [1.29, 1.82) is 0 Å². The molecule has 1 aromatic carbocycles. The van der Waals surface area contributed by atoms with E-state index in [1.54, 1.807) is 0 Å². The van der Waals surface area contributed by atoms with E-state index >= 15 is 0 Å². The van der Waals surface area contributed by atoms with Crippen LogP contribution in [0.3, 0.4) is 0 Å². The molecule has 0 aliphatic heterocycles. The summed E-state index contributed by atoms with van der Waals surface area (Å²) in [6.07, 6.45) is -4.55. The highest BCUT2D eigenvalue weighted by Gasteiger charge is 2.33. The zero-order valence-electron chi connectivity index (χ0n) is 9.52. The van der Waals surface area contributed by atoms with Gasteiger partial charge >= 0.3 is 6.18 Å². The summed E-state index contributed by atoms with van der Waals surface area (Å²) < 4.78 is 37.3. The van der Waals surface area contributed by atoms with Gasteiger partial charge in [-0.2, -0.15) is 13.2 Å². The predicted octanol–water partition coefficient (Wildman–Crippen LogP) is 2.61. The summed E-state index contributed by atoms with van der Waals surface area (Å²) >= 11 is 5.64. The maximum Gasteiger partial charge on any atom is 0.405 e. The molecule has 1 aromatic rings. The number of anilines is 1. The lowest BCUT2D eigenvalue weighted by Gasteiger charge is -2.24. The molecule has 0 atom stereocenters. The number of aliphatic hydroxyl groups excluding tert-OH is 1. The van der Waals surface area contributed by atoms with Crippen LogP contribution in [0.5, 0.6) is 0 Å². The highest BCUT2D eigenvalue weighted by atomic mass is 35.5. The van der Waals surface area contributed by atoms with Crippen LogP contribution in [0, 0.1) is 10.1 Å². The second-order valence-electron chi connectivity index (χ2n) is 3.65. The van der Waals surface area contributed by atoms with E-state index in [1.165, 1.54) is 6.07 Å². The first kappa shape index (κ1) is 15.5. The Morgan fingerprint density at radius 3 is 2.53 bits per heavy atom. The van der Waals surface area contributed by atoms with Crippen LogP contribution >= 0.6 is 11.6 Å². The molecule has 0 bridgehead atoms. The molecule has 0 unspecified atom stereocenters. The molecule has 1 rings (SSSR count). The minimum atomic E-state index is -4.55. The molecule has 106 valence electrons. The van der Waals surface area contributed by atoms with Gasteiger partial charge in [0.25, 0.3) is 5.69 Å². The number of benzene rings is 1. The Bertz CT molecular complexity index is 468. The summed E-state index contributed by atoms with van der Waals surface area (Å²) in [5, 5.41) is 19.7. The zero-order chi connectivity index (χ0) is 14.6. The van der Waals surface area contributed by atoms with Crippen molar-refractivity contribution in [3.63, 3.8) is 0 Å². The molecule has 0 fully saturated rings. The number of hydrogen-bond acceptors (Lipinski definition) is 4. The third kappa shape index (κ3) is 4.56. The number of rotatable bonds is 5. The first-order chi connectivity index (χ1) is 8.74. The van der Waals surface area contributed by atoms with Crippen LogP contribution in [0.4, 0.5) is 24.5 Å². The third-order valence-corrected chi connectivity index (χ3v) is 2.45. The molecule has 0 radical (unpaired) electrons. The van der Waals surface area contributed by atoms with Crippen LogP contribution in [-0.4, -0.2) is 35.9 Å². The van der Waals surface area contributed by atoms with Crippen LogP contribution in [0.1, 0.15) is 0 Å². The Morgan fingerprint density at radius 2 is 2.05 bits per heavy atom. The lowest BCUT2D eigenvalue weighted by molar-refractivity contribution is -0.384. The van der Waals surface area contributed by atoms with Crippen LogP contribution in [0.15, 0.2) is 18.2 Å². The number of halogens is 4. The normalized spacial score (nSPS) is 11.4. The van der Waals surface area contributed by atoms with Gasteiger partial charge in [-0.25, -0.2) is 0 Å². The molecule has 0 saturated heterocycles. The molecule has 0 aliphatic carbocycles. The standard InChI is InChI=1S/C10H10ClF3N2O3/c11-7-1-2-8(16(18)19)9(5-7)15(3-4-17)6-10(12,13)14/h1-2,5,17H,3-4,6H2. The summed E-state index contributed by atoms with van der Waals surface area (Å²) in [5.41, 5.74) is -0.772. The van der Waals surface area contributed by atoms with Gasteiger partial charge in [0.05, 0.1) is 11.5 Å². The second-order valence-corrected chi connectivity index (χ2v) is 4.09. The van der Waals surface area contributed by atoms with Crippen LogP contribution < -0.4 is 4.90 Å². The fourth-order valence-electron chi connectivity index (χ4n) is 1.53. The molecule has 19 heavy (non-hydrogen) atoms. The van der Waals surface area contributed by atoms with Crippen molar-refractivity contribution in [2.24, 2.45) is 0 Å². The van der Waals surface area contributed by atoms with Crippen molar-refractivity contribution < 1.29 is 23.2 Å². The Labute approximate surface area is 111 Å². The zero-order valence-corrected chi connectivity index (χ0v) is 10.3. The molecule has 9 heteroatoms. The van der Waals surface area contributed by atoms with Gasteiger partial charge in [-0.15, -0.1) is 0 Å². The maximum atomic E-state index is 12.4. The van der Waals surface area contributed by atoms with Crippen molar-refractivity contribution in [3.8, 4) is 0 Å². The lowest BCUT2D eigenvalue weighted by Crippen LogP contribution is -2.36. The van der Waals surface area contributed by atoms with Crippen LogP contribution in [-0.2, 0) is 0 Å². The van der Waals surface area contributed by atoms with E-state index in [-0.39, 0.29) is 17.3 Å². The quantitative estimate of drug-likeness (QED) is 0.670. The highest BCUT2D eigenvalue weighted by molar-refractivity contribution is 6.31. The van der Waals surface area contributed by atoms with Gasteiger partial charge in [0.15, 0.2) is 0 Å². The van der Waals surface area contributed by atoms with Gasteiger partial charge in [0, 0.05) is 17.6 Å². The minimum Gasteiger partial charge on any atom is -0.395 e. The molecule has 1 N–H and O–H groups in total. The Morgan fingerprint density at radius 1 is 1.42 bits per heavy atom. The second kappa shape index (κ2) is 6.07. The first-order valence-corrected chi connectivity index (χ1v) is 5.49. The molecular formula is C10H10ClF3N2O3. The smallest absolute Gasteiger partial charge is 0.395 e. The Hall–Kier alpha value is -1.54. The average molecular weight is 299 g/mol. The van der Waals surface area contributed by atoms with Crippen molar-refractivity contribution in [3.05, 3.63) is 33.3 Å². The molecular weight excluding hydrogens is 289 g/mol. The average Bonchev–Trinajstić information content (AvgIpc) is 2.26. The van der Waals surface area contributed by atoms with E-state index in [9.17, 15) is 23.3 Å². The molecule has 5 nitrogen and oxygen atoms in total. The van der Waals surface area contributed by atoms with Gasteiger partial charge in [0.2, 0.25) is 0 Å².